The Morgan fingerprint density at radius 2 is 2.25 bits per heavy atom. The molecule has 0 aliphatic rings. The monoisotopic (exact) mass is 293 g/mol. The molecular weight excluding hydrogens is 278 g/mol. The van der Waals surface area contributed by atoms with Gasteiger partial charge in [0.25, 0.3) is 0 Å². The first-order valence-corrected chi connectivity index (χ1v) is 6.60. The molecule has 20 heavy (non-hydrogen) atoms. The van der Waals surface area contributed by atoms with E-state index in [0.717, 1.165) is 5.56 Å². The highest BCUT2D eigenvalue weighted by atomic mass is 35.5. The van der Waals surface area contributed by atoms with Gasteiger partial charge in [-0.25, -0.2) is 9.97 Å². The van der Waals surface area contributed by atoms with Crippen molar-refractivity contribution in [2.24, 2.45) is 0 Å². The number of rotatable bonds is 6. The lowest BCUT2D eigenvalue weighted by Gasteiger charge is -2.14. The topological polar surface area (TPSA) is 67.3 Å². The maximum absolute atomic E-state index is 9.84. The lowest BCUT2D eigenvalue weighted by Crippen LogP contribution is -2.26. The zero-order valence-electron chi connectivity index (χ0n) is 11.1. The van der Waals surface area contributed by atoms with Gasteiger partial charge in [-0.2, -0.15) is 0 Å². The third kappa shape index (κ3) is 4.36. The lowest BCUT2D eigenvalue weighted by atomic mass is 10.2. The minimum absolute atomic E-state index is 0.194. The molecule has 1 aromatic carbocycles. The predicted octanol–water partition coefficient (Wildman–Crippen LogP) is 2.29. The highest BCUT2D eigenvalue weighted by Crippen LogP contribution is 2.21. The number of nitrogens with one attached hydrogen (secondary N) is 1. The number of aliphatic hydroxyl groups is 1. The summed E-state index contributed by atoms with van der Waals surface area (Å²) in [6.07, 6.45) is 2.44. The minimum atomic E-state index is -0.638. The summed E-state index contributed by atoms with van der Waals surface area (Å²) < 4.78 is 5.51. The number of nitrogens with zero attached hydrogens (tertiary/aromatic N) is 2. The molecule has 0 bridgehead atoms. The number of hydrogen-bond donors (Lipinski definition) is 2. The van der Waals surface area contributed by atoms with Crippen molar-refractivity contribution in [1.82, 2.24) is 9.97 Å². The summed E-state index contributed by atoms with van der Waals surface area (Å²) in [5, 5.41) is 13.5. The second kappa shape index (κ2) is 7.07. The number of benzene rings is 1. The number of aliphatic hydroxyl groups excluding tert-OH is 1. The van der Waals surface area contributed by atoms with E-state index in [-0.39, 0.29) is 6.61 Å². The van der Waals surface area contributed by atoms with E-state index in [2.05, 4.69) is 15.3 Å². The molecule has 0 saturated carbocycles. The van der Waals surface area contributed by atoms with Crippen LogP contribution in [0.3, 0.4) is 0 Å². The van der Waals surface area contributed by atoms with Gasteiger partial charge in [0.1, 0.15) is 30.6 Å². The van der Waals surface area contributed by atoms with Gasteiger partial charge >= 0.3 is 0 Å². The first-order valence-electron chi connectivity index (χ1n) is 6.22. The second-order valence-electron chi connectivity index (χ2n) is 4.35. The highest BCUT2D eigenvalue weighted by Gasteiger charge is 2.06. The molecule has 0 fully saturated rings. The zero-order chi connectivity index (χ0) is 14.4. The van der Waals surface area contributed by atoms with Crippen molar-refractivity contribution in [2.75, 3.05) is 18.5 Å². The predicted molar refractivity (Wildman–Crippen MR) is 78.2 cm³/mol. The van der Waals surface area contributed by atoms with E-state index in [4.69, 9.17) is 16.3 Å². The van der Waals surface area contributed by atoms with E-state index in [0.29, 0.717) is 23.1 Å². The normalized spacial score (nSPS) is 11.9. The van der Waals surface area contributed by atoms with Crippen molar-refractivity contribution in [3.05, 3.63) is 47.4 Å². The zero-order valence-corrected chi connectivity index (χ0v) is 11.8. The molecule has 0 aliphatic carbocycles. The van der Waals surface area contributed by atoms with E-state index in [1.54, 1.807) is 24.4 Å². The third-order valence-electron chi connectivity index (χ3n) is 2.67. The molecular formula is C14H16ClN3O2. The first kappa shape index (κ1) is 14.6. The Kier molecular flexibility index (Phi) is 5.15. The molecule has 0 radical (unpaired) electrons. The van der Waals surface area contributed by atoms with Gasteiger partial charge in [0.05, 0.1) is 0 Å². The van der Waals surface area contributed by atoms with Crippen molar-refractivity contribution < 1.29 is 9.84 Å². The van der Waals surface area contributed by atoms with E-state index >= 15 is 0 Å². The number of ether oxygens (including phenoxy) is 1. The Balaban J connectivity index is 1.77. The standard InChI is InChI=1S/C14H16ClN3O2/c1-10-6-12(2-3-13(10)15)20-8-11(19)7-17-14-4-5-16-9-18-14/h2-6,9,11,19H,7-8H2,1H3,(H,16,17,18)/t11-/m0/s1. The molecule has 5 nitrogen and oxygen atoms in total. The molecule has 0 saturated heterocycles. The quantitative estimate of drug-likeness (QED) is 0.855. The van der Waals surface area contributed by atoms with Crippen molar-refractivity contribution in [3.63, 3.8) is 0 Å². The summed E-state index contributed by atoms with van der Waals surface area (Å²) in [5.74, 6) is 1.36. The summed E-state index contributed by atoms with van der Waals surface area (Å²) in [6, 6.07) is 7.13. The summed E-state index contributed by atoms with van der Waals surface area (Å²) in [5.41, 5.74) is 0.942. The number of aromatic nitrogens is 2. The van der Waals surface area contributed by atoms with Crippen LogP contribution in [-0.4, -0.2) is 34.3 Å². The van der Waals surface area contributed by atoms with Crippen LogP contribution in [0.5, 0.6) is 5.75 Å². The van der Waals surface area contributed by atoms with Gasteiger partial charge in [0.2, 0.25) is 0 Å². The molecule has 0 spiro atoms. The van der Waals surface area contributed by atoms with E-state index in [9.17, 15) is 5.11 Å². The maximum Gasteiger partial charge on any atom is 0.129 e. The number of hydrogen-bond acceptors (Lipinski definition) is 5. The summed E-state index contributed by atoms with van der Waals surface area (Å²) in [4.78, 5) is 7.82. The van der Waals surface area contributed by atoms with Crippen LogP contribution in [0, 0.1) is 6.92 Å². The number of halogens is 1. The van der Waals surface area contributed by atoms with Crippen LogP contribution in [0.1, 0.15) is 5.56 Å². The molecule has 6 heteroatoms. The van der Waals surface area contributed by atoms with Gasteiger partial charge in [0.15, 0.2) is 0 Å². The molecule has 106 valence electrons. The van der Waals surface area contributed by atoms with Gasteiger partial charge < -0.3 is 15.2 Å². The van der Waals surface area contributed by atoms with Crippen molar-refractivity contribution >= 4 is 17.4 Å². The average molecular weight is 294 g/mol. The van der Waals surface area contributed by atoms with Crippen molar-refractivity contribution in [2.45, 2.75) is 13.0 Å². The van der Waals surface area contributed by atoms with Gasteiger partial charge in [-0.15, -0.1) is 0 Å². The smallest absolute Gasteiger partial charge is 0.129 e. The van der Waals surface area contributed by atoms with Crippen LogP contribution < -0.4 is 10.1 Å². The SMILES string of the molecule is Cc1cc(OC[C@@H](O)CNc2ccncn2)ccc1Cl. The summed E-state index contributed by atoms with van der Waals surface area (Å²) in [7, 11) is 0. The van der Waals surface area contributed by atoms with Crippen LogP contribution in [0.4, 0.5) is 5.82 Å². The van der Waals surface area contributed by atoms with Crippen molar-refractivity contribution in [3.8, 4) is 5.75 Å². The van der Waals surface area contributed by atoms with Gasteiger partial charge in [-0.1, -0.05) is 11.6 Å². The fourth-order valence-corrected chi connectivity index (χ4v) is 1.69. The molecule has 2 rings (SSSR count). The van der Waals surface area contributed by atoms with Gasteiger partial charge in [0, 0.05) is 17.8 Å². The van der Waals surface area contributed by atoms with E-state index in [1.807, 2.05) is 13.0 Å². The largest absolute Gasteiger partial charge is 0.491 e. The Morgan fingerprint density at radius 1 is 1.40 bits per heavy atom. The maximum atomic E-state index is 9.84. The Labute approximate surface area is 122 Å². The second-order valence-corrected chi connectivity index (χ2v) is 4.76. The first-order chi connectivity index (χ1) is 9.65. The van der Waals surface area contributed by atoms with Crippen LogP contribution in [0.25, 0.3) is 0 Å². The Morgan fingerprint density at radius 3 is 2.95 bits per heavy atom. The summed E-state index contributed by atoms with van der Waals surface area (Å²) in [6.45, 7) is 2.45. The average Bonchev–Trinajstić information content (AvgIpc) is 2.47. The minimum Gasteiger partial charge on any atom is -0.491 e. The molecule has 0 amide bonds. The Hall–Kier alpha value is -1.85. The fourth-order valence-electron chi connectivity index (χ4n) is 1.58. The number of anilines is 1. The fraction of sp³-hybridized carbons (Fsp3) is 0.286. The van der Waals surface area contributed by atoms with Gasteiger partial charge in [-0.05, 0) is 36.8 Å². The third-order valence-corrected chi connectivity index (χ3v) is 3.10. The highest BCUT2D eigenvalue weighted by molar-refractivity contribution is 6.31. The van der Waals surface area contributed by atoms with E-state index < -0.39 is 6.10 Å². The lowest BCUT2D eigenvalue weighted by molar-refractivity contribution is 0.117. The molecule has 1 aromatic heterocycles. The molecule has 0 aliphatic heterocycles. The molecule has 0 unspecified atom stereocenters. The van der Waals surface area contributed by atoms with Crippen LogP contribution in [0.15, 0.2) is 36.8 Å². The van der Waals surface area contributed by atoms with E-state index in [1.165, 1.54) is 6.33 Å². The molecule has 1 atom stereocenters. The molecule has 2 N–H and O–H groups in total. The molecule has 1 heterocycles. The van der Waals surface area contributed by atoms with Gasteiger partial charge in [-0.3, -0.25) is 0 Å². The van der Waals surface area contributed by atoms with Crippen LogP contribution in [-0.2, 0) is 0 Å². The Bertz CT molecular complexity index is 551. The number of aryl methyl sites for hydroxylation is 1. The van der Waals surface area contributed by atoms with Crippen molar-refractivity contribution in [1.29, 1.82) is 0 Å². The van der Waals surface area contributed by atoms with Crippen LogP contribution >= 0.6 is 11.6 Å². The summed E-state index contributed by atoms with van der Waals surface area (Å²) >= 11 is 5.93. The van der Waals surface area contributed by atoms with Crippen LogP contribution in [0.2, 0.25) is 5.02 Å². The molecule has 2 aromatic rings.